The summed E-state index contributed by atoms with van der Waals surface area (Å²) in [6.45, 7) is 5.56. The Kier molecular flexibility index (Phi) is 5.90. The quantitative estimate of drug-likeness (QED) is 0.679. The summed E-state index contributed by atoms with van der Waals surface area (Å²) < 4.78 is 24.2. The van der Waals surface area contributed by atoms with Crippen molar-refractivity contribution in [1.29, 1.82) is 0 Å². The van der Waals surface area contributed by atoms with Crippen LogP contribution in [0, 0.1) is 0 Å². The molecule has 9 heteroatoms. The van der Waals surface area contributed by atoms with Gasteiger partial charge in [0.15, 0.2) is 0 Å². The molecule has 0 aromatic heterocycles. The molecule has 0 radical (unpaired) electrons. The van der Waals surface area contributed by atoms with E-state index in [1.807, 2.05) is 4.90 Å². The van der Waals surface area contributed by atoms with Gasteiger partial charge in [-0.3, -0.25) is 15.0 Å². The second kappa shape index (κ2) is 7.00. The Morgan fingerprint density at radius 3 is 2.20 bits per heavy atom. The fraction of sp³-hybridized carbons (Fsp3) is 0.818. The number of hydrogen-bond donors (Lipinski definition) is 2. The van der Waals surface area contributed by atoms with Gasteiger partial charge in [-0.15, -0.1) is 0 Å². The van der Waals surface area contributed by atoms with Crippen molar-refractivity contribution >= 4 is 22.0 Å². The fourth-order valence-corrected chi connectivity index (χ4v) is 2.84. The van der Waals surface area contributed by atoms with Gasteiger partial charge in [0.25, 0.3) is 0 Å². The Balaban J connectivity index is 2.48. The van der Waals surface area contributed by atoms with E-state index in [-0.39, 0.29) is 5.91 Å². The molecule has 0 aromatic carbocycles. The third-order valence-electron chi connectivity index (χ3n) is 3.24. The van der Waals surface area contributed by atoms with Gasteiger partial charge in [0.2, 0.25) is 15.9 Å². The molecule has 116 valence electrons. The van der Waals surface area contributed by atoms with Crippen LogP contribution in [0.1, 0.15) is 13.8 Å². The highest BCUT2D eigenvalue weighted by atomic mass is 32.2. The minimum atomic E-state index is -3.18. The zero-order chi connectivity index (χ0) is 15.3. The third kappa shape index (κ3) is 4.73. The van der Waals surface area contributed by atoms with Crippen LogP contribution < -0.4 is 10.6 Å². The number of carbonyl (C=O) groups is 2. The maximum atomic E-state index is 11.9. The van der Waals surface area contributed by atoms with Crippen LogP contribution in [-0.2, 0) is 14.8 Å². The topological polar surface area (TPSA) is 98.8 Å². The van der Waals surface area contributed by atoms with E-state index < -0.39 is 22.1 Å². The summed E-state index contributed by atoms with van der Waals surface area (Å²) in [5.41, 5.74) is 0. The van der Waals surface area contributed by atoms with E-state index >= 15 is 0 Å². The summed E-state index contributed by atoms with van der Waals surface area (Å²) in [7, 11) is -3.18. The van der Waals surface area contributed by atoms with E-state index in [2.05, 4.69) is 10.6 Å². The molecule has 1 aliphatic heterocycles. The fourth-order valence-electron chi connectivity index (χ4n) is 2.01. The van der Waals surface area contributed by atoms with E-state index in [0.717, 1.165) is 0 Å². The van der Waals surface area contributed by atoms with Gasteiger partial charge >= 0.3 is 6.03 Å². The predicted molar refractivity (Wildman–Crippen MR) is 74.7 cm³/mol. The van der Waals surface area contributed by atoms with Crippen molar-refractivity contribution in [1.82, 2.24) is 19.8 Å². The van der Waals surface area contributed by atoms with Crippen molar-refractivity contribution in [3.8, 4) is 0 Å². The van der Waals surface area contributed by atoms with Crippen LogP contribution in [0.25, 0.3) is 0 Å². The van der Waals surface area contributed by atoms with Crippen LogP contribution in [0.4, 0.5) is 4.79 Å². The van der Waals surface area contributed by atoms with Crippen molar-refractivity contribution in [3.63, 3.8) is 0 Å². The number of piperazine rings is 1. The van der Waals surface area contributed by atoms with Crippen molar-refractivity contribution in [2.75, 3.05) is 39.0 Å². The van der Waals surface area contributed by atoms with Gasteiger partial charge < -0.3 is 5.32 Å². The van der Waals surface area contributed by atoms with Crippen LogP contribution in [0.15, 0.2) is 0 Å². The van der Waals surface area contributed by atoms with Crippen LogP contribution in [0.5, 0.6) is 0 Å². The number of carbonyl (C=O) groups excluding carboxylic acids is 2. The second-order valence-electron chi connectivity index (χ2n) is 4.72. The minimum Gasteiger partial charge on any atom is -0.338 e. The van der Waals surface area contributed by atoms with Gasteiger partial charge in [0.1, 0.15) is 0 Å². The predicted octanol–water partition coefficient (Wildman–Crippen LogP) is -1.20. The number of sulfonamides is 1. The van der Waals surface area contributed by atoms with Gasteiger partial charge in [-0.1, -0.05) is 0 Å². The van der Waals surface area contributed by atoms with Gasteiger partial charge in [-0.2, -0.15) is 4.31 Å². The average Bonchev–Trinajstić information content (AvgIpc) is 2.37. The highest BCUT2D eigenvalue weighted by Crippen LogP contribution is 2.09. The third-order valence-corrected chi connectivity index (χ3v) is 4.55. The lowest BCUT2D eigenvalue weighted by Crippen LogP contribution is -2.56. The van der Waals surface area contributed by atoms with Crippen LogP contribution in [0.2, 0.25) is 0 Å². The monoisotopic (exact) mass is 306 g/mol. The smallest absolute Gasteiger partial charge is 0.321 e. The molecule has 0 saturated carbocycles. The summed E-state index contributed by atoms with van der Waals surface area (Å²) in [6, 6.07) is -0.988. The highest BCUT2D eigenvalue weighted by Gasteiger charge is 2.29. The van der Waals surface area contributed by atoms with E-state index in [1.165, 1.54) is 10.6 Å². The van der Waals surface area contributed by atoms with E-state index in [4.69, 9.17) is 0 Å². The summed E-state index contributed by atoms with van der Waals surface area (Å²) in [4.78, 5) is 25.0. The zero-order valence-electron chi connectivity index (χ0n) is 12.0. The lowest BCUT2D eigenvalue weighted by molar-refractivity contribution is -0.125. The largest absolute Gasteiger partial charge is 0.338 e. The van der Waals surface area contributed by atoms with E-state index in [1.54, 1.807) is 13.8 Å². The molecule has 20 heavy (non-hydrogen) atoms. The molecule has 0 spiro atoms. The second-order valence-corrected chi connectivity index (χ2v) is 6.71. The molecular formula is C11H22N4O4S. The van der Waals surface area contributed by atoms with Crippen molar-refractivity contribution in [3.05, 3.63) is 0 Å². The number of nitrogens with zero attached hydrogens (tertiary/aromatic N) is 2. The summed E-state index contributed by atoms with van der Waals surface area (Å²) >= 11 is 0. The molecule has 2 N–H and O–H groups in total. The number of amides is 3. The van der Waals surface area contributed by atoms with Crippen LogP contribution in [0.3, 0.4) is 0 Å². The molecule has 1 aliphatic rings. The van der Waals surface area contributed by atoms with E-state index in [0.29, 0.717) is 32.7 Å². The molecule has 0 bridgehead atoms. The first-order chi connectivity index (χ1) is 9.25. The first-order valence-corrected chi connectivity index (χ1v) is 8.38. The molecule has 0 unspecified atom stereocenters. The Bertz CT molecular complexity index is 457. The summed E-state index contributed by atoms with van der Waals surface area (Å²) in [5, 5.41) is 4.74. The van der Waals surface area contributed by atoms with E-state index in [9.17, 15) is 18.0 Å². The Hall–Kier alpha value is -1.19. The molecule has 1 rings (SSSR count). The first-order valence-electron chi connectivity index (χ1n) is 6.53. The molecule has 1 atom stereocenters. The first kappa shape index (κ1) is 16.9. The molecule has 0 aliphatic carbocycles. The Labute approximate surface area is 119 Å². The van der Waals surface area contributed by atoms with Crippen molar-refractivity contribution in [2.24, 2.45) is 0 Å². The number of urea groups is 1. The lowest BCUT2D eigenvalue weighted by Gasteiger charge is -2.36. The molecule has 1 fully saturated rings. The zero-order valence-corrected chi connectivity index (χ0v) is 12.9. The van der Waals surface area contributed by atoms with Crippen LogP contribution >= 0.6 is 0 Å². The number of hydrogen-bond acceptors (Lipinski definition) is 5. The average molecular weight is 306 g/mol. The summed E-state index contributed by atoms with van der Waals surface area (Å²) in [6.07, 6.45) is 1.17. The van der Waals surface area contributed by atoms with Crippen molar-refractivity contribution < 1.29 is 18.0 Å². The standard InChI is InChI=1S/C11H22N4O4S/c1-4-12-11(17)13-10(16)9(2)14-5-7-15(8-6-14)20(3,18)19/h9H,4-8H2,1-3H3,(H2,12,13,16,17)/t9-/m1/s1. The maximum Gasteiger partial charge on any atom is 0.321 e. The number of nitrogens with one attached hydrogen (secondary N) is 2. The number of imide groups is 1. The Morgan fingerprint density at radius 2 is 1.75 bits per heavy atom. The molecule has 1 saturated heterocycles. The summed E-state index contributed by atoms with van der Waals surface area (Å²) in [5.74, 6) is -0.385. The maximum absolute atomic E-state index is 11.9. The van der Waals surface area contributed by atoms with Gasteiger partial charge in [-0.05, 0) is 13.8 Å². The highest BCUT2D eigenvalue weighted by molar-refractivity contribution is 7.88. The van der Waals surface area contributed by atoms with Crippen LogP contribution in [-0.4, -0.2) is 74.6 Å². The van der Waals surface area contributed by atoms with Gasteiger partial charge in [-0.25, -0.2) is 13.2 Å². The molecule has 0 aromatic rings. The SMILES string of the molecule is CCNC(=O)NC(=O)[C@@H](C)N1CCN(S(C)(=O)=O)CC1. The number of rotatable bonds is 4. The normalized spacial score (nSPS) is 19.4. The lowest BCUT2D eigenvalue weighted by atomic mass is 10.2. The minimum absolute atomic E-state index is 0.359. The molecule has 3 amide bonds. The molecular weight excluding hydrogens is 284 g/mol. The van der Waals surface area contributed by atoms with Crippen molar-refractivity contribution in [2.45, 2.75) is 19.9 Å². The molecule has 1 heterocycles. The Morgan fingerprint density at radius 1 is 1.20 bits per heavy atom. The molecule has 8 nitrogen and oxygen atoms in total. The van der Waals surface area contributed by atoms with Gasteiger partial charge in [0.05, 0.1) is 12.3 Å². The van der Waals surface area contributed by atoms with Gasteiger partial charge in [0, 0.05) is 32.7 Å².